The maximum atomic E-state index is 12.5. The molecule has 9 heteroatoms. The van der Waals surface area contributed by atoms with E-state index in [4.69, 9.17) is 19.8 Å². The monoisotopic (exact) mass is 398 g/mol. The Hall–Kier alpha value is -3.54. The zero-order valence-corrected chi connectivity index (χ0v) is 16.3. The third-order valence-corrected chi connectivity index (χ3v) is 5.08. The first-order valence-corrected chi connectivity index (χ1v) is 9.20. The largest absolute Gasteiger partial charge is 0.493 e. The van der Waals surface area contributed by atoms with Gasteiger partial charge in [-0.05, 0) is 31.9 Å². The van der Waals surface area contributed by atoms with Gasteiger partial charge in [-0.2, -0.15) is 10.4 Å². The van der Waals surface area contributed by atoms with E-state index < -0.39 is 5.97 Å². The Bertz CT molecular complexity index is 954. The number of hydrogen-bond acceptors (Lipinski definition) is 6. The summed E-state index contributed by atoms with van der Waals surface area (Å²) in [7, 11) is 1.48. The van der Waals surface area contributed by atoms with Crippen LogP contribution in [0.3, 0.4) is 0 Å². The lowest BCUT2D eigenvalue weighted by Gasteiger charge is -2.32. The highest BCUT2D eigenvalue weighted by Gasteiger charge is 2.27. The fourth-order valence-electron chi connectivity index (χ4n) is 3.45. The molecule has 29 heavy (non-hydrogen) atoms. The van der Waals surface area contributed by atoms with E-state index in [1.165, 1.54) is 13.3 Å². The van der Waals surface area contributed by atoms with Crippen LogP contribution in [0.2, 0.25) is 0 Å². The Kier molecular flexibility index (Phi) is 6.02. The molecule has 0 aliphatic carbocycles. The van der Waals surface area contributed by atoms with Gasteiger partial charge < -0.3 is 19.5 Å². The van der Waals surface area contributed by atoms with Crippen molar-refractivity contribution in [3.63, 3.8) is 0 Å². The minimum atomic E-state index is -0.989. The summed E-state index contributed by atoms with van der Waals surface area (Å²) in [6, 6.07) is 6.86. The van der Waals surface area contributed by atoms with Crippen molar-refractivity contribution >= 4 is 11.9 Å². The average Bonchev–Trinajstić information content (AvgIpc) is 3.13. The first kappa shape index (κ1) is 20.2. The number of benzene rings is 1. The Morgan fingerprint density at radius 2 is 2.03 bits per heavy atom. The van der Waals surface area contributed by atoms with Crippen molar-refractivity contribution in [2.24, 2.45) is 0 Å². The highest BCUT2D eigenvalue weighted by molar-refractivity contribution is 5.88. The molecular formula is C20H22N4O5. The van der Waals surface area contributed by atoms with E-state index in [1.54, 1.807) is 34.7 Å². The summed E-state index contributed by atoms with van der Waals surface area (Å²) in [6.07, 6.45) is 2.75. The molecule has 2 heterocycles. The van der Waals surface area contributed by atoms with E-state index in [0.29, 0.717) is 48.7 Å². The van der Waals surface area contributed by atoms with Gasteiger partial charge in [0.05, 0.1) is 36.7 Å². The number of carboxylic acid groups (broad SMARTS) is 1. The number of piperidine rings is 1. The predicted octanol–water partition coefficient (Wildman–Crippen LogP) is 2.01. The molecule has 9 nitrogen and oxygen atoms in total. The number of rotatable bonds is 6. The van der Waals surface area contributed by atoms with Gasteiger partial charge in [-0.1, -0.05) is 0 Å². The van der Waals surface area contributed by atoms with E-state index in [2.05, 4.69) is 5.10 Å². The van der Waals surface area contributed by atoms with Crippen molar-refractivity contribution in [1.29, 1.82) is 5.26 Å². The van der Waals surface area contributed by atoms with E-state index in [9.17, 15) is 9.59 Å². The summed E-state index contributed by atoms with van der Waals surface area (Å²) in [5.74, 6) is -0.322. The molecule has 0 spiro atoms. The minimum absolute atomic E-state index is 0.0617. The molecule has 1 aliphatic heterocycles. The second-order valence-corrected chi connectivity index (χ2v) is 6.77. The Morgan fingerprint density at radius 1 is 1.31 bits per heavy atom. The molecule has 0 unspecified atom stereocenters. The minimum Gasteiger partial charge on any atom is -0.493 e. The fourth-order valence-corrected chi connectivity index (χ4v) is 3.45. The molecule has 1 fully saturated rings. The van der Waals surface area contributed by atoms with E-state index >= 15 is 0 Å². The Morgan fingerprint density at radius 3 is 2.62 bits per heavy atom. The number of nitriles is 1. The third kappa shape index (κ3) is 4.32. The molecule has 2 aromatic rings. The second-order valence-electron chi connectivity index (χ2n) is 6.77. The molecule has 1 aromatic carbocycles. The van der Waals surface area contributed by atoms with Gasteiger partial charge in [0.15, 0.2) is 18.1 Å². The Labute approximate surface area is 168 Å². The lowest BCUT2D eigenvalue weighted by molar-refractivity contribution is -0.134. The van der Waals surface area contributed by atoms with Crippen molar-refractivity contribution in [3.8, 4) is 17.6 Å². The number of carbonyl (C=O) groups excluding carboxylic acids is 1. The smallest absolute Gasteiger partial charge is 0.339 e. The number of carboxylic acids is 1. The lowest BCUT2D eigenvalue weighted by atomic mass is 10.0. The molecule has 0 bridgehead atoms. The first-order chi connectivity index (χ1) is 13.9. The van der Waals surface area contributed by atoms with Crippen molar-refractivity contribution in [3.05, 3.63) is 41.2 Å². The Balaban J connectivity index is 1.56. The number of nitrogens with zero attached hydrogens (tertiary/aromatic N) is 4. The van der Waals surface area contributed by atoms with E-state index in [1.807, 2.05) is 6.07 Å². The second kappa shape index (κ2) is 8.65. The van der Waals surface area contributed by atoms with Crippen LogP contribution in [0.1, 0.15) is 40.5 Å². The van der Waals surface area contributed by atoms with Crippen LogP contribution in [0.4, 0.5) is 0 Å². The van der Waals surface area contributed by atoms with Gasteiger partial charge in [0.1, 0.15) is 5.56 Å². The maximum Gasteiger partial charge on any atom is 0.339 e. The highest BCUT2D eigenvalue weighted by atomic mass is 16.5. The van der Waals surface area contributed by atoms with Crippen molar-refractivity contribution < 1.29 is 24.2 Å². The average molecular weight is 398 g/mol. The van der Waals surface area contributed by atoms with Crippen LogP contribution < -0.4 is 9.47 Å². The molecule has 152 valence electrons. The summed E-state index contributed by atoms with van der Waals surface area (Å²) in [5, 5.41) is 22.3. The van der Waals surface area contributed by atoms with E-state index in [-0.39, 0.29) is 24.1 Å². The molecule has 3 rings (SSSR count). The number of aromatic carboxylic acids is 1. The molecule has 1 aromatic heterocycles. The van der Waals surface area contributed by atoms with Crippen LogP contribution >= 0.6 is 0 Å². The SMILES string of the molecule is COc1cc(C#N)ccc1OCC(=O)N1CCC(n2ncc(C(=O)O)c2C)CC1. The van der Waals surface area contributed by atoms with Gasteiger partial charge in [0.25, 0.3) is 5.91 Å². The summed E-state index contributed by atoms with van der Waals surface area (Å²) in [6.45, 7) is 2.70. The molecule has 0 saturated carbocycles. The zero-order chi connectivity index (χ0) is 21.0. The number of methoxy groups -OCH3 is 1. The molecule has 1 N–H and O–H groups in total. The van der Waals surface area contributed by atoms with Gasteiger partial charge >= 0.3 is 5.97 Å². The highest BCUT2D eigenvalue weighted by Crippen LogP contribution is 2.28. The summed E-state index contributed by atoms with van der Waals surface area (Å²) < 4.78 is 12.5. The molecule has 1 amide bonds. The summed E-state index contributed by atoms with van der Waals surface area (Å²) in [4.78, 5) is 25.4. The predicted molar refractivity (Wildman–Crippen MR) is 102 cm³/mol. The molecule has 0 radical (unpaired) electrons. The van der Waals surface area contributed by atoms with Crippen LogP contribution in [0.5, 0.6) is 11.5 Å². The van der Waals surface area contributed by atoms with Gasteiger partial charge in [-0.25, -0.2) is 4.79 Å². The number of amides is 1. The number of aromatic nitrogens is 2. The van der Waals surface area contributed by atoms with Crippen LogP contribution in [0.25, 0.3) is 0 Å². The number of likely N-dealkylation sites (tertiary alicyclic amines) is 1. The standard InChI is InChI=1S/C20H22N4O5/c1-13-16(20(26)27)11-22-24(13)15-5-7-23(8-6-15)19(25)12-29-17-4-3-14(10-21)9-18(17)28-2/h3-4,9,11,15H,5-8,12H2,1-2H3,(H,26,27). The van der Waals surface area contributed by atoms with Crippen LogP contribution in [-0.4, -0.2) is 58.5 Å². The molecular weight excluding hydrogens is 376 g/mol. The van der Waals surface area contributed by atoms with Gasteiger partial charge in [-0.15, -0.1) is 0 Å². The summed E-state index contributed by atoms with van der Waals surface area (Å²) in [5.41, 5.74) is 1.27. The quantitative estimate of drug-likeness (QED) is 0.791. The number of ether oxygens (including phenoxy) is 2. The molecule has 1 saturated heterocycles. The van der Waals surface area contributed by atoms with Gasteiger partial charge in [-0.3, -0.25) is 9.48 Å². The lowest BCUT2D eigenvalue weighted by Crippen LogP contribution is -2.41. The zero-order valence-electron chi connectivity index (χ0n) is 16.3. The van der Waals surface area contributed by atoms with Gasteiger partial charge in [0.2, 0.25) is 0 Å². The number of carbonyl (C=O) groups is 2. The summed E-state index contributed by atoms with van der Waals surface area (Å²) >= 11 is 0. The normalized spacial score (nSPS) is 14.3. The van der Waals surface area contributed by atoms with Gasteiger partial charge in [0, 0.05) is 19.2 Å². The van der Waals surface area contributed by atoms with Crippen LogP contribution in [0.15, 0.2) is 24.4 Å². The maximum absolute atomic E-state index is 12.5. The van der Waals surface area contributed by atoms with Crippen molar-refractivity contribution in [1.82, 2.24) is 14.7 Å². The number of hydrogen-bond donors (Lipinski definition) is 1. The van der Waals surface area contributed by atoms with Crippen LogP contribution in [0, 0.1) is 18.3 Å². The van der Waals surface area contributed by atoms with Crippen LogP contribution in [-0.2, 0) is 4.79 Å². The fraction of sp³-hybridized carbons (Fsp3) is 0.400. The van der Waals surface area contributed by atoms with Crippen molar-refractivity contribution in [2.75, 3.05) is 26.8 Å². The third-order valence-electron chi connectivity index (χ3n) is 5.08. The topological polar surface area (TPSA) is 118 Å². The van der Waals surface area contributed by atoms with Crippen molar-refractivity contribution in [2.45, 2.75) is 25.8 Å². The first-order valence-electron chi connectivity index (χ1n) is 9.20. The molecule has 0 atom stereocenters. The molecule has 1 aliphatic rings. The van der Waals surface area contributed by atoms with E-state index in [0.717, 1.165) is 0 Å².